The molecular weight excluding hydrogens is 389 g/mol. The topological polar surface area (TPSA) is 77.0 Å². The molecule has 1 atom stereocenters. The molecule has 2 aromatic rings. The fourth-order valence-corrected chi connectivity index (χ4v) is 3.53. The van der Waals surface area contributed by atoms with Crippen molar-refractivity contribution in [1.29, 1.82) is 0 Å². The monoisotopic (exact) mass is 409 g/mol. The molecule has 134 valence electrons. The van der Waals surface area contributed by atoms with E-state index < -0.39 is 0 Å². The number of anilines is 1. The predicted molar refractivity (Wildman–Crippen MR) is 98.2 cm³/mol. The molecule has 3 rings (SSSR count). The van der Waals surface area contributed by atoms with E-state index in [1.807, 2.05) is 0 Å². The molecule has 0 radical (unpaired) electrons. The number of piperidine rings is 1. The average molecular weight is 410 g/mol. The number of hydrogen-bond donors (Lipinski definition) is 1. The van der Waals surface area contributed by atoms with Crippen LogP contribution in [0.15, 0.2) is 27.5 Å². The van der Waals surface area contributed by atoms with Gasteiger partial charge in [0.05, 0.1) is 6.54 Å². The molecule has 0 amide bonds. The normalized spacial score (nSPS) is 17.8. The van der Waals surface area contributed by atoms with E-state index in [0.29, 0.717) is 29.7 Å². The van der Waals surface area contributed by atoms with Crippen LogP contribution in [0.2, 0.25) is 0 Å². The van der Waals surface area contributed by atoms with Crippen LogP contribution < -0.4 is 16.2 Å². The minimum Gasteiger partial charge on any atom is -0.341 e. The Balaban J connectivity index is 2.01. The summed E-state index contributed by atoms with van der Waals surface area (Å²) in [6.07, 6.45) is 2.07. The van der Waals surface area contributed by atoms with Crippen LogP contribution in [0.1, 0.15) is 24.1 Å². The van der Waals surface area contributed by atoms with Crippen LogP contribution in [0, 0.1) is 18.7 Å². The fraction of sp³-hybridized carbons (Fsp3) is 0.471. The van der Waals surface area contributed by atoms with Crippen molar-refractivity contribution in [3.63, 3.8) is 0 Å². The molecule has 1 aromatic heterocycles. The van der Waals surface area contributed by atoms with E-state index in [9.17, 15) is 9.18 Å². The molecule has 25 heavy (non-hydrogen) atoms. The van der Waals surface area contributed by atoms with Crippen molar-refractivity contribution in [2.24, 2.45) is 11.7 Å². The zero-order valence-electron chi connectivity index (χ0n) is 14.1. The molecule has 2 heterocycles. The highest BCUT2D eigenvalue weighted by Crippen LogP contribution is 2.23. The van der Waals surface area contributed by atoms with Crippen molar-refractivity contribution in [2.45, 2.75) is 26.3 Å². The number of nitrogens with zero attached hydrogens (tertiary/aromatic N) is 4. The molecule has 2 N–H and O–H groups in total. The number of nitrogens with two attached hydrogens (primary N) is 1. The quantitative estimate of drug-likeness (QED) is 0.835. The largest absolute Gasteiger partial charge is 0.341 e. The molecule has 0 spiro atoms. The van der Waals surface area contributed by atoms with Gasteiger partial charge in [0, 0.05) is 17.6 Å². The fourth-order valence-electron chi connectivity index (χ4n) is 3.15. The first-order valence-corrected chi connectivity index (χ1v) is 9.12. The lowest BCUT2D eigenvalue weighted by atomic mass is 9.99. The Hall–Kier alpha value is -1.80. The van der Waals surface area contributed by atoms with Crippen molar-refractivity contribution >= 4 is 21.9 Å². The minimum atomic E-state index is -0.340. The van der Waals surface area contributed by atoms with Crippen molar-refractivity contribution in [2.75, 3.05) is 24.5 Å². The highest BCUT2D eigenvalue weighted by Gasteiger charge is 2.24. The summed E-state index contributed by atoms with van der Waals surface area (Å²) >= 11 is 3.42. The van der Waals surface area contributed by atoms with E-state index in [4.69, 9.17) is 5.73 Å². The number of hydrogen-bond acceptors (Lipinski definition) is 5. The van der Waals surface area contributed by atoms with Gasteiger partial charge in [0.25, 0.3) is 5.56 Å². The van der Waals surface area contributed by atoms with Crippen LogP contribution in [0.5, 0.6) is 0 Å². The molecule has 1 fully saturated rings. The third-order valence-electron chi connectivity index (χ3n) is 4.56. The molecule has 6 nitrogen and oxygen atoms in total. The Labute approximate surface area is 154 Å². The van der Waals surface area contributed by atoms with Crippen LogP contribution in [-0.2, 0) is 6.54 Å². The van der Waals surface area contributed by atoms with Gasteiger partial charge in [-0.2, -0.15) is 0 Å². The zero-order valence-corrected chi connectivity index (χ0v) is 15.7. The molecule has 0 bridgehead atoms. The molecule has 1 aliphatic heterocycles. The molecule has 1 aliphatic rings. The Bertz CT molecular complexity index is 825. The lowest BCUT2D eigenvalue weighted by Gasteiger charge is -2.33. The number of benzene rings is 1. The summed E-state index contributed by atoms with van der Waals surface area (Å²) in [5, 5.41) is 8.27. The van der Waals surface area contributed by atoms with E-state index in [0.717, 1.165) is 30.4 Å². The first-order chi connectivity index (χ1) is 12.0. The van der Waals surface area contributed by atoms with Crippen LogP contribution in [-0.4, -0.2) is 34.4 Å². The molecule has 8 heteroatoms. The SMILES string of the molecule is Cc1nnc(N2CCCC(CN)C2)n(Cc2cc(F)ccc2Br)c1=O. The lowest BCUT2D eigenvalue weighted by molar-refractivity contribution is 0.413. The second-order valence-electron chi connectivity index (χ2n) is 6.40. The molecule has 1 unspecified atom stereocenters. The van der Waals surface area contributed by atoms with E-state index >= 15 is 0 Å². The van der Waals surface area contributed by atoms with Crippen LogP contribution >= 0.6 is 15.9 Å². The summed E-state index contributed by atoms with van der Waals surface area (Å²) in [6.45, 7) is 4.02. The third-order valence-corrected chi connectivity index (χ3v) is 5.33. The van der Waals surface area contributed by atoms with Crippen molar-refractivity contribution < 1.29 is 4.39 Å². The molecule has 0 aliphatic carbocycles. The molecular formula is C17H21BrFN5O. The number of aromatic nitrogens is 3. The Kier molecular flexibility index (Phi) is 5.48. The maximum absolute atomic E-state index is 13.6. The second-order valence-corrected chi connectivity index (χ2v) is 7.26. The standard InChI is InChI=1S/C17H21BrFN5O/c1-11-16(25)24(10-13-7-14(19)4-5-15(13)18)17(22-21-11)23-6-2-3-12(8-20)9-23/h4-5,7,12H,2-3,6,8-10,20H2,1H3. The van der Waals surface area contributed by atoms with Gasteiger partial charge in [0.2, 0.25) is 5.95 Å². The lowest BCUT2D eigenvalue weighted by Crippen LogP contribution is -2.42. The van der Waals surface area contributed by atoms with E-state index in [2.05, 4.69) is 31.0 Å². The van der Waals surface area contributed by atoms with Gasteiger partial charge in [-0.05, 0) is 56.0 Å². The molecule has 0 saturated carbocycles. The average Bonchev–Trinajstić information content (AvgIpc) is 2.62. The van der Waals surface area contributed by atoms with Gasteiger partial charge in [-0.15, -0.1) is 10.2 Å². The van der Waals surface area contributed by atoms with Gasteiger partial charge in [-0.3, -0.25) is 9.36 Å². The Morgan fingerprint density at radius 1 is 1.40 bits per heavy atom. The molecule has 1 saturated heterocycles. The Morgan fingerprint density at radius 3 is 2.96 bits per heavy atom. The van der Waals surface area contributed by atoms with Crippen molar-refractivity contribution in [3.8, 4) is 0 Å². The first kappa shape index (κ1) is 18.0. The van der Waals surface area contributed by atoms with Crippen LogP contribution in [0.25, 0.3) is 0 Å². The van der Waals surface area contributed by atoms with Gasteiger partial charge in [-0.25, -0.2) is 4.39 Å². The van der Waals surface area contributed by atoms with E-state index in [1.54, 1.807) is 17.6 Å². The minimum absolute atomic E-state index is 0.212. The summed E-state index contributed by atoms with van der Waals surface area (Å²) in [5.41, 5.74) is 6.61. The third kappa shape index (κ3) is 3.90. The summed E-state index contributed by atoms with van der Waals surface area (Å²) in [6, 6.07) is 4.45. The summed E-state index contributed by atoms with van der Waals surface area (Å²) < 4.78 is 15.9. The zero-order chi connectivity index (χ0) is 18.0. The smallest absolute Gasteiger partial charge is 0.276 e. The number of rotatable bonds is 4. The van der Waals surface area contributed by atoms with Crippen molar-refractivity contribution in [1.82, 2.24) is 14.8 Å². The predicted octanol–water partition coefficient (Wildman–Crippen LogP) is 2.07. The van der Waals surface area contributed by atoms with Crippen molar-refractivity contribution in [3.05, 3.63) is 50.1 Å². The van der Waals surface area contributed by atoms with Gasteiger partial charge >= 0.3 is 0 Å². The number of aryl methyl sites for hydroxylation is 1. The van der Waals surface area contributed by atoms with E-state index in [-0.39, 0.29) is 17.9 Å². The summed E-state index contributed by atoms with van der Waals surface area (Å²) in [4.78, 5) is 14.7. The maximum Gasteiger partial charge on any atom is 0.276 e. The highest BCUT2D eigenvalue weighted by molar-refractivity contribution is 9.10. The highest BCUT2D eigenvalue weighted by atomic mass is 79.9. The van der Waals surface area contributed by atoms with E-state index in [1.165, 1.54) is 12.1 Å². The van der Waals surface area contributed by atoms with Gasteiger partial charge in [0.1, 0.15) is 11.5 Å². The first-order valence-electron chi connectivity index (χ1n) is 8.32. The number of halogens is 2. The molecule has 1 aromatic carbocycles. The van der Waals surface area contributed by atoms with Gasteiger partial charge in [0.15, 0.2) is 0 Å². The summed E-state index contributed by atoms with van der Waals surface area (Å²) in [5.74, 6) is 0.555. The van der Waals surface area contributed by atoms with Gasteiger partial charge < -0.3 is 10.6 Å². The summed E-state index contributed by atoms with van der Waals surface area (Å²) in [7, 11) is 0. The maximum atomic E-state index is 13.6. The van der Waals surface area contributed by atoms with Gasteiger partial charge in [-0.1, -0.05) is 15.9 Å². The Morgan fingerprint density at radius 2 is 2.20 bits per heavy atom. The second kappa shape index (κ2) is 7.61. The van der Waals surface area contributed by atoms with Crippen LogP contribution in [0.4, 0.5) is 10.3 Å². The van der Waals surface area contributed by atoms with Crippen LogP contribution in [0.3, 0.4) is 0 Å².